The Labute approximate surface area is 239 Å². The van der Waals surface area contributed by atoms with Crippen molar-refractivity contribution in [1.29, 1.82) is 5.41 Å². The monoisotopic (exact) mass is 584 g/mol. The second-order valence-electron chi connectivity index (χ2n) is 10.5. The molecule has 0 spiro atoms. The smallest absolute Gasteiger partial charge is 0.335 e. The van der Waals surface area contributed by atoms with E-state index in [-0.39, 0.29) is 41.8 Å². The summed E-state index contributed by atoms with van der Waals surface area (Å²) in [4.78, 5) is 40.9. The molecule has 2 heterocycles. The summed E-state index contributed by atoms with van der Waals surface area (Å²) in [5, 5.41) is 17.2. The number of nitrogens with zero attached hydrogens (tertiary/aromatic N) is 3. The number of carboxylic acid groups (broad SMARTS) is 1. The second-order valence-corrected chi connectivity index (χ2v) is 12.4. The maximum atomic E-state index is 14.3. The van der Waals surface area contributed by atoms with Crippen LogP contribution in [0.4, 0.5) is 0 Å². The molecule has 2 aliphatic heterocycles. The summed E-state index contributed by atoms with van der Waals surface area (Å²) in [6.45, 7) is 1.20. The fraction of sp³-hybridized carbons (Fsp3) is 0.429. The number of guanidine groups is 1. The molecule has 13 heteroatoms. The van der Waals surface area contributed by atoms with E-state index in [2.05, 4.69) is 0 Å². The number of piperidine rings is 1. The number of amides is 2. The van der Waals surface area contributed by atoms with Gasteiger partial charge in [-0.3, -0.25) is 15.0 Å². The van der Waals surface area contributed by atoms with E-state index in [1.807, 2.05) is 6.07 Å². The van der Waals surface area contributed by atoms with Crippen LogP contribution < -0.4 is 11.5 Å². The SMILES string of the molecule is N=C(N)N1CCC(CN([C@H](Cc2ccccc2)C(=O)N2CCC[C@H]2C(N)=O)S(=O)(=O)c2cccc(C(=O)O)c2)CC1. The van der Waals surface area contributed by atoms with Crippen molar-refractivity contribution in [1.82, 2.24) is 14.1 Å². The lowest BCUT2D eigenvalue weighted by Gasteiger charge is -2.38. The molecule has 0 unspecified atom stereocenters. The maximum absolute atomic E-state index is 14.3. The molecule has 2 fully saturated rings. The van der Waals surface area contributed by atoms with Crippen LogP contribution in [-0.4, -0.2) is 89.6 Å². The van der Waals surface area contributed by atoms with Gasteiger partial charge in [0.05, 0.1) is 10.5 Å². The molecule has 2 amide bonds. The van der Waals surface area contributed by atoms with E-state index in [1.165, 1.54) is 27.4 Å². The molecule has 6 N–H and O–H groups in total. The normalized spacial score (nSPS) is 18.8. The molecule has 0 bridgehead atoms. The topological polar surface area (TPSA) is 191 Å². The third-order valence-electron chi connectivity index (χ3n) is 7.85. The molecule has 12 nitrogen and oxygen atoms in total. The molecule has 220 valence electrons. The van der Waals surface area contributed by atoms with Crippen molar-refractivity contribution < 1.29 is 27.9 Å². The highest BCUT2D eigenvalue weighted by atomic mass is 32.2. The number of benzene rings is 2. The summed E-state index contributed by atoms with van der Waals surface area (Å²) < 4.78 is 29.8. The number of aromatic carboxylic acids is 1. The van der Waals surface area contributed by atoms with Crippen molar-refractivity contribution in [3.8, 4) is 0 Å². The van der Waals surface area contributed by atoms with Gasteiger partial charge in [0.25, 0.3) is 0 Å². The molecule has 2 atom stereocenters. The Balaban J connectivity index is 1.78. The average molecular weight is 585 g/mol. The zero-order chi connectivity index (χ0) is 29.7. The van der Waals surface area contributed by atoms with Crippen LogP contribution in [0.2, 0.25) is 0 Å². The molecule has 2 aromatic carbocycles. The predicted molar refractivity (Wildman–Crippen MR) is 151 cm³/mol. The number of rotatable bonds is 10. The predicted octanol–water partition coefficient (Wildman–Crippen LogP) is 1.07. The lowest BCUT2D eigenvalue weighted by molar-refractivity contribution is -0.140. The van der Waals surface area contributed by atoms with Gasteiger partial charge in [-0.15, -0.1) is 0 Å². The molecule has 0 aromatic heterocycles. The maximum Gasteiger partial charge on any atom is 0.335 e. The van der Waals surface area contributed by atoms with E-state index in [4.69, 9.17) is 16.9 Å². The van der Waals surface area contributed by atoms with Crippen LogP contribution in [-0.2, 0) is 26.0 Å². The number of primary amides is 1. The van der Waals surface area contributed by atoms with Crippen molar-refractivity contribution >= 4 is 33.8 Å². The van der Waals surface area contributed by atoms with Crippen molar-refractivity contribution in [2.75, 3.05) is 26.2 Å². The van der Waals surface area contributed by atoms with Crippen LogP contribution in [0.15, 0.2) is 59.5 Å². The van der Waals surface area contributed by atoms with Crippen LogP contribution in [0.3, 0.4) is 0 Å². The van der Waals surface area contributed by atoms with E-state index in [1.54, 1.807) is 29.2 Å². The second kappa shape index (κ2) is 12.7. The van der Waals surface area contributed by atoms with Crippen molar-refractivity contribution in [3.05, 3.63) is 65.7 Å². The molecule has 0 aliphatic carbocycles. The minimum absolute atomic E-state index is 0.0102. The number of nitrogens with one attached hydrogen (secondary N) is 1. The first kappa shape index (κ1) is 30.0. The Morgan fingerprint density at radius 3 is 2.29 bits per heavy atom. The van der Waals surface area contributed by atoms with Gasteiger partial charge in [0.1, 0.15) is 12.1 Å². The quantitative estimate of drug-likeness (QED) is 0.235. The number of carboxylic acids is 1. The zero-order valence-corrected chi connectivity index (χ0v) is 23.5. The van der Waals surface area contributed by atoms with E-state index in [0.29, 0.717) is 38.8 Å². The highest BCUT2D eigenvalue weighted by Crippen LogP contribution is 2.29. The lowest BCUT2D eigenvalue weighted by atomic mass is 9.95. The molecule has 2 aromatic rings. The number of nitrogens with two attached hydrogens (primary N) is 2. The first-order valence-electron chi connectivity index (χ1n) is 13.6. The molecular formula is C28H36N6O6S. The third-order valence-corrected chi connectivity index (χ3v) is 9.72. The van der Waals surface area contributed by atoms with E-state index in [0.717, 1.165) is 11.6 Å². The largest absolute Gasteiger partial charge is 0.478 e. The molecule has 0 radical (unpaired) electrons. The van der Waals surface area contributed by atoms with Crippen molar-refractivity contribution in [2.24, 2.45) is 17.4 Å². The first-order chi connectivity index (χ1) is 19.5. The zero-order valence-electron chi connectivity index (χ0n) is 22.7. The number of carbonyl (C=O) groups is 3. The lowest BCUT2D eigenvalue weighted by Crippen LogP contribution is -2.56. The minimum atomic E-state index is -4.39. The Kier molecular flexibility index (Phi) is 9.28. The summed E-state index contributed by atoms with van der Waals surface area (Å²) >= 11 is 0. The standard InChI is InChI=1S/C28H36N6O6S/c29-25(35)23-10-5-13-33(23)26(36)24(16-19-6-2-1-3-7-19)34(18-20-11-14-32(15-12-20)28(30)31)41(39,40)22-9-4-8-21(17-22)27(37)38/h1-4,6-9,17,20,23-24H,5,10-16,18H2,(H2,29,35)(H3,30,31)(H,37,38)/t23-,24+/m0/s1. The average Bonchev–Trinajstić information content (AvgIpc) is 3.46. The van der Waals surface area contributed by atoms with Gasteiger partial charge in [-0.25, -0.2) is 13.2 Å². The van der Waals surface area contributed by atoms with Gasteiger partial charge >= 0.3 is 5.97 Å². The summed E-state index contributed by atoms with van der Waals surface area (Å²) in [7, 11) is -4.39. The van der Waals surface area contributed by atoms with Gasteiger partial charge in [0.15, 0.2) is 5.96 Å². The summed E-state index contributed by atoms with van der Waals surface area (Å²) in [5.41, 5.74) is 11.8. The fourth-order valence-electron chi connectivity index (χ4n) is 5.60. The van der Waals surface area contributed by atoms with E-state index >= 15 is 0 Å². The fourth-order valence-corrected chi connectivity index (χ4v) is 7.30. The molecule has 41 heavy (non-hydrogen) atoms. The van der Waals surface area contributed by atoms with Gasteiger partial charge in [-0.2, -0.15) is 4.31 Å². The summed E-state index contributed by atoms with van der Waals surface area (Å²) in [6, 6.07) is 12.0. The van der Waals surface area contributed by atoms with Crippen LogP contribution in [0.5, 0.6) is 0 Å². The minimum Gasteiger partial charge on any atom is -0.478 e. The number of sulfonamides is 1. The molecule has 2 aliphatic rings. The van der Waals surface area contributed by atoms with Crippen molar-refractivity contribution in [3.63, 3.8) is 0 Å². The molecule has 2 saturated heterocycles. The summed E-state index contributed by atoms with van der Waals surface area (Å²) in [5.74, 6) is -2.64. The Morgan fingerprint density at radius 1 is 1.00 bits per heavy atom. The van der Waals surface area contributed by atoms with Gasteiger partial charge in [-0.05, 0) is 61.8 Å². The van der Waals surface area contributed by atoms with Crippen LogP contribution in [0, 0.1) is 11.3 Å². The molecule has 4 rings (SSSR count). The van der Waals surface area contributed by atoms with Crippen molar-refractivity contribution in [2.45, 2.75) is 49.1 Å². The molecule has 0 saturated carbocycles. The van der Waals surface area contributed by atoms with Crippen LogP contribution in [0.25, 0.3) is 0 Å². The first-order valence-corrected chi connectivity index (χ1v) is 15.0. The Hall–Kier alpha value is -3.97. The van der Waals surface area contributed by atoms with Gasteiger partial charge in [0.2, 0.25) is 21.8 Å². The number of carbonyl (C=O) groups excluding carboxylic acids is 2. The Morgan fingerprint density at radius 2 is 1.68 bits per heavy atom. The number of likely N-dealkylation sites (tertiary alicyclic amines) is 2. The highest BCUT2D eigenvalue weighted by Gasteiger charge is 2.43. The third kappa shape index (κ3) is 6.85. The van der Waals surface area contributed by atoms with E-state index in [9.17, 15) is 27.9 Å². The van der Waals surface area contributed by atoms with Gasteiger partial charge in [-0.1, -0.05) is 36.4 Å². The number of hydrogen-bond acceptors (Lipinski definition) is 6. The van der Waals surface area contributed by atoms with Gasteiger partial charge in [0, 0.05) is 26.2 Å². The van der Waals surface area contributed by atoms with E-state index < -0.39 is 39.9 Å². The van der Waals surface area contributed by atoms with Crippen LogP contribution in [0.1, 0.15) is 41.6 Å². The molecular weight excluding hydrogens is 548 g/mol. The van der Waals surface area contributed by atoms with Gasteiger partial charge < -0.3 is 26.4 Å². The summed E-state index contributed by atoms with van der Waals surface area (Å²) in [6.07, 6.45) is 2.09. The highest BCUT2D eigenvalue weighted by molar-refractivity contribution is 7.89. The Bertz CT molecular complexity index is 1390. The van der Waals surface area contributed by atoms with Crippen LogP contribution >= 0.6 is 0 Å². The number of hydrogen-bond donors (Lipinski definition) is 4.